The van der Waals surface area contributed by atoms with Crippen LogP contribution in [0.3, 0.4) is 0 Å². The molecular weight excluding hydrogens is 343 g/mol. The molecule has 2 heterocycles. The van der Waals surface area contributed by atoms with Crippen molar-refractivity contribution in [3.05, 3.63) is 46.6 Å². The predicted octanol–water partition coefficient (Wildman–Crippen LogP) is 3.39. The number of aromatic nitrogens is 3. The fraction of sp³-hybridized carbons (Fsp3) is 0.0714. The molecule has 0 bridgehead atoms. The van der Waals surface area contributed by atoms with Crippen LogP contribution in [0.1, 0.15) is 0 Å². The van der Waals surface area contributed by atoms with Crippen LogP contribution in [0.5, 0.6) is 5.75 Å². The Morgan fingerprint density at radius 2 is 2.22 bits per heavy atom. The second-order valence-electron chi connectivity index (χ2n) is 4.40. The van der Waals surface area contributed by atoms with Crippen molar-refractivity contribution < 1.29 is 13.9 Å². The lowest BCUT2D eigenvalue weighted by molar-refractivity contribution is -0.118. The molecule has 7 nitrogen and oxygen atoms in total. The Morgan fingerprint density at radius 1 is 1.35 bits per heavy atom. The number of carbonyl (C=O) groups excluding carboxylic acids is 1. The molecule has 0 unspecified atom stereocenters. The summed E-state index contributed by atoms with van der Waals surface area (Å²) in [6.07, 6.45) is 1.51. The Morgan fingerprint density at radius 3 is 2.96 bits per heavy atom. The number of nitrogens with zero attached hydrogens (tertiary/aromatic N) is 2. The number of nitrogens with one attached hydrogen (secondary N) is 2. The molecule has 3 aromatic rings. The fourth-order valence-corrected chi connectivity index (χ4v) is 2.20. The highest BCUT2D eigenvalue weighted by Crippen LogP contribution is 2.27. The second kappa shape index (κ2) is 6.72. The molecular formula is C14H10Cl2N4O3. The molecule has 2 N–H and O–H groups in total. The van der Waals surface area contributed by atoms with E-state index in [1.54, 1.807) is 24.3 Å². The number of anilines is 1. The number of halogens is 2. The van der Waals surface area contributed by atoms with Gasteiger partial charge in [-0.2, -0.15) is 4.98 Å². The van der Waals surface area contributed by atoms with E-state index in [0.717, 1.165) is 0 Å². The van der Waals surface area contributed by atoms with Crippen molar-refractivity contribution in [1.29, 1.82) is 0 Å². The molecule has 9 heteroatoms. The Hall–Kier alpha value is -2.51. The third-order valence-corrected chi connectivity index (χ3v) is 3.27. The smallest absolute Gasteiger partial charge is 0.264 e. The molecule has 3 rings (SSSR count). The van der Waals surface area contributed by atoms with E-state index < -0.39 is 5.91 Å². The van der Waals surface area contributed by atoms with E-state index in [-0.39, 0.29) is 12.6 Å². The van der Waals surface area contributed by atoms with Crippen LogP contribution >= 0.6 is 23.2 Å². The van der Waals surface area contributed by atoms with Gasteiger partial charge in [0.25, 0.3) is 5.91 Å². The first-order chi connectivity index (χ1) is 11.1. The van der Waals surface area contributed by atoms with Crippen molar-refractivity contribution >= 4 is 35.1 Å². The van der Waals surface area contributed by atoms with Gasteiger partial charge in [-0.1, -0.05) is 23.2 Å². The maximum atomic E-state index is 11.8. The number of furan rings is 1. The van der Waals surface area contributed by atoms with Gasteiger partial charge in [-0.15, -0.1) is 5.10 Å². The summed E-state index contributed by atoms with van der Waals surface area (Å²) in [5.41, 5.74) is 0. The van der Waals surface area contributed by atoms with Crippen LogP contribution in [0.25, 0.3) is 11.6 Å². The minimum atomic E-state index is -0.430. The average molecular weight is 353 g/mol. The second-order valence-corrected chi connectivity index (χ2v) is 5.24. The van der Waals surface area contributed by atoms with E-state index in [2.05, 4.69) is 20.5 Å². The molecule has 0 aliphatic rings. The number of carbonyl (C=O) groups is 1. The Balaban J connectivity index is 1.57. The minimum Gasteiger partial charge on any atom is -0.482 e. The molecule has 0 radical (unpaired) electrons. The Labute approximate surface area is 140 Å². The molecule has 0 atom stereocenters. The van der Waals surface area contributed by atoms with Crippen LogP contribution in [0, 0.1) is 0 Å². The van der Waals surface area contributed by atoms with Gasteiger partial charge in [0.15, 0.2) is 18.2 Å². The molecule has 0 fully saturated rings. The lowest BCUT2D eigenvalue weighted by Gasteiger charge is -2.07. The van der Waals surface area contributed by atoms with Gasteiger partial charge >= 0.3 is 0 Å². The number of H-pyrrole nitrogens is 1. The molecule has 2 aromatic heterocycles. The van der Waals surface area contributed by atoms with Crippen LogP contribution in [-0.2, 0) is 4.79 Å². The van der Waals surface area contributed by atoms with Crippen molar-refractivity contribution in [2.75, 3.05) is 11.9 Å². The summed E-state index contributed by atoms with van der Waals surface area (Å²) < 4.78 is 10.5. The minimum absolute atomic E-state index is 0.118. The number of aromatic amines is 1. The average Bonchev–Trinajstić information content (AvgIpc) is 3.17. The van der Waals surface area contributed by atoms with Crippen molar-refractivity contribution in [3.8, 4) is 17.3 Å². The van der Waals surface area contributed by atoms with Crippen molar-refractivity contribution in [2.24, 2.45) is 0 Å². The summed E-state index contributed by atoms with van der Waals surface area (Å²) >= 11 is 11.7. The molecule has 0 spiro atoms. The van der Waals surface area contributed by atoms with Gasteiger partial charge in [0.05, 0.1) is 11.3 Å². The zero-order valence-corrected chi connectivity index (χ0v) is 13.1. The Bertz CT molecular complexity index is 817. The van der Waals surface area contributed by atoms with Crippen molar-refractivity contribution in [3.63, 3.8) is 0 Å². The van der Waals surface area contributed by atoms with Gasteiger partial charge in [0.2, 0.25) is 5.95 Å². The molecule has 0 saturated heterocycles. The summed E-state index contributed by atoms with van der Waals surface area (Å²) in [6.45, 7) is -0.244. The van der Waals surface area contributed by atoms with Crippen LogP contribution in [0.2, 0.25) is 10.0 Å². The molecule has 0 saturated carbocycles. The first-order valence-corrected chi connectivity index (χ1v) is 7.21. The van der Waals surface area contributed by atoms with E-state index in [4.69, 9.17) is 32.4 Å². The maximum absolute atomic E-state index is 11.8. The highest BCUT2D eigenvalue weighted by Gasteiger charge is 2.11. The van der Waals surface area contributed by atoms with Gasteiger partial charge in [0, 0.05) is 5.02 Å². The van der Waals surface area contributed by atoms with E-state index in [1.165, 1.54) is 12.3 Å². The van der Waals surface area contributed by atoms with E-state index in [0.29, 0.717) is 27.4 Å². The third-order valence-electron chi connectivity index (χ3n) is 2.74. The number of hydrogen-bond acceptors (Lipinski definition) is 5. The topological polar surface area (TPSA) is 93.0 Å². The highest BCUT2D eigenvalue weighted by molar-refractivity contribution is 6.35. The number of hydrogen-bond donors (Lipinski definition) is 2. The van der Waals surface area contributed by atoms with Gasteiger partial charge in [-0.05, 0) is 30.3 Å². The summed E-state index contributed by atoms with van der Waals surface area (Å²) in [4.78, 5) is 15.9. The van der Waals surface area contributed by atoms with Crippen molar-refractivity contribution in [2.45, 2.75) is 0 Å². The monoisotopic (exact) mass is 352 g/mol. The first kappa shape index (κ1) is 15.4. The summed E-state index contributed by atoms with van der Waals surface area (Å²) in [5.74, 6) is 0.972. The normalized spacial score (nSPS) is 10.5. The maximum Gasteiger partial charge on any atom is 0.264 e. The fourth-order valence-electron chi connectivity index (χ4n) is 1.74. The van der Waals surface area contributed by atoms with Gasteiger partial charge in [-0.25, -0.2) is 0 Å². The van der Waals surface area contributed by atoms with Crippen LogP contribution < -0.4 is 10.1 Å². The quantitative estimate of drug-likeness (QED) is 0.733. The highest BCUT2D eigenvalue weighted by atomic mass is 35.5. The number of ether oxygens (including phenoxy) is 1. The van der Waals surface area contributed by atoms with Crippen molar-refractivity contribution in [1.82, 2.24) is 15.2 Å². The molecule has 23 heavy (non-hydrogen) atoms. The number of amides is 1. The zero-order valence-electron chi connectivity index (χ0n) is 11.5. The van der Waals surface area contributed by atoms with Crippen LogP contribution in [-0.4, -0.2) is 27.7 Å². The molecule has 1 aromatic carbocycles. The van der Waals surface area contributed by atoms with Crippen LogP contribution in [0.4, 0.5) is 5.95 Å². The number of benzene rings is 1. The lowest BCUT2D eigenvalue weighted by atomic mass is 10.3. The molecule has 0 aliphatic heterocycles. The zero-order chi connectivity index (χ0) is 16.2. The largest absolute Gasteiger partial charge is 0.482 e. The Kier molecular flexibility index (Phi) is 4.50. The standard InChI is InChI=1S/C14H10Cl2N4O3/c15-8-3-4-10(9(16)6-8)23-7-12(21)17-14-18-13(19-20-14)11-2-1-5-22-11/h1-6H,7H2,(H2,17,18,19,20,21). The van der Waals surface area contributed by atoms with Gasteiger partial charge in [0.1, 0.15) is 5.75 Å². The molecule has 0 aliphatic carbocycles. The third kappa shape index (κ3) is 3.82. The molecule has 118 valence electrons. The summed E-state index contributed by atoms with van der Waals surface area (Å²) in [5, 5.41) is 9.83. The summed E-state index contributed by atoms with van der Waals surface area (Å²) in [6, 6.07) is 8.17. The van der Waals surface area contributed by atoms with E-state index in [9.17, 15) is 4.79 Å². The van der Waals surface area contributed by atoms with Crippen LogP contribution in [0.15, 0.2) is 41.0 Å². The predicted molar refractivity (Wildman–Crippen MR) is 84.7 cm³/mol. The molecule has 1 amide bonds. The first-order valence-electron chi connectivity index (χ1n) is 6.46. The lowest BCUT2D eigenvalue weighted by Crippen LogP contribution is -2.21. The SMILES string of the molecule is O=C(COc1ccc(Cl)cc1Cl)Nc1n[nH]c(-c2ccco2)n1. The number of rotatable bonds is 5. The van der Waals surface area contributed by atoms with E-state index in [1.807, 2.05) is 0 Å². The van der Waals surface area contributed by atoms with Gasteiger partial charge < -0.3 is 9.15 Å². The van der Waals surface area contributed by atoms with Gasteiger partial charge in [-0.3, -0.25) is 15.2 Å². The van der Waals surface area contributed by atoms with E-state index >= 15 is 0 Å². The summed E-state index contributed by atoms with van der Waals surface area (Å²) in [7, 11) is 0.